The molecule has 1 aliphatic rings. The second kappa shape index (κ2) is 3.71. The van der Waals surface area contributed by atoms with Crippen molar-refractivity contribution in [3.8, 4) is 6.07 Å². The average Bonchev–Trinajstić information content (AvgIpc) is 1.83. The van der Waals surface area contributed by atoms with Crippen LogP contribution in [-0.4, -0.2) is 5.78 Å². The Hall–Kier alpha value is -0.840. The predicted molar refractivity (Wildman–Crippen MR) is 46.3 cm³/mol. The number of nitrogens with zero attached hydrogens (tertiary/aromatic N) is 1. The minimum Gasteiger partial charge on any atom is -0.298 e. The Morgan fingerprint density at radius 3 is 2.33 bits per heavy atom. The maximum absolute atomic E-state index is 11.6. The van der Waals surface area contributed by atoms with E-state index in [1.807, 2.05) is 13.8 Å². The van der Waals surface area contributed by atoms with Gasteiger partial charge in [0.15, 0.2) is 5.78 Å². The maximum Gasteiger partial charge on any atom is 0.153 e. The fourth-order valence-corrected chi connectivity index (χ4v) is 1.49. The van der Waals surface area contributed by atoms with Gasteiger partial charge < -0.3 is 0 Å². The molecule has 1 unspecified atom stereocenters. The molecule has 0 amide bonds. The number of hydrogen-bond donors (Lipinski definition) is 0. The number of hydrogen-bond acceptors (Lipinski definition) is 2. The highest BCUT2D eigenvalue weighted by Crippen LogP contribution is 2.31. The molecule has 0 N–H and O–H groups in total. The molecular formula is C10H15NO. The van der Waals surface area contributed by atoms with E-state index in [4.69, 9.17) is 5.26 Å². The van der Waals surface area contributed by atoms with Crippen molar-refractivity contribution in [2.24, 2.45) is 17.8 Å². The highest BCUT2D eigenvalue weighted by Gasteiger charge is 2.32. The summed E-state index contributed by atoms with van der Waals surface area (Å²) in [5, 5.41) is 8.76. The minimum atomic E-state index is -0.365. The summed E-state index contributed by atoms with van der Waals surface area (Å²) in [5.41, 5.74) is 0. The normalized spacial score (nSPS) is 19.8. The Morgan fingerprint density at radius 1 is 1.50 bits per heavy atom. The largest absolute Gasteiger partial charge is 0.298 e. The molecule has 1 atom stereocenters. The van der Waals surface area contributed by atoms with E-state index < -0.39 is 0 Å². The summed E-state index contributed by atoms with van der Waals surface area (Å²) in [7, 11) is 0. The molecule has 2 heteroatoms. The van der Waals surface area contributed by atoms with Gasteiger partial charge >= 0.3 is 0 Å². The van der Waals surface area contributed by atoms with Crippen LogP contribution in [0.3, 0.4) is 0 Å². The van der Waals surface area contributed by atoms with E-state index in [2.05, 4.69) is 6.07 Å². The molecule has 0 spiro atoms. The molecule has 1 fully saturated rings. The van der Waals surface area contributed by atoms with Gasteiger partial charge in [0.1, 0.15) is 5.92 Å². The van der Waals surface area contributed by atoms with Crippen LogP contribution >= 0.6 is 0 Å². The lowest BCUT2D eigenvalue weighted by atomic mass is 9.75. The highest BCUT2D eigenvalue weighted by atomic mass is 16.1. The van der Waals surface area contributed by atoms with Gasteiger partial charge in [0.2, 0.25) is 0 Å². The number of carbonyl (C=O) groups is 1. The Bertz CT molecular complexity index is 210. The summed E-state index contributed by atoms with van der Waals surface area (Å²) in [4.78, 5) is 11.6. The summed E-state index contributed by atoms with van der Waals surface area (Å²) in [6.07, 6.45) is 3.17. The molecule has 0 saturated heterocycles. The lowest BCUT2D eigenvalue weighted by molar-refractivity contribution is -0.128. The standard InChI is InChI=1S/C10H15NO/c1-7(2)9(6-11)10(12)8-4-3-5-8/h7-9H,3-5H2,1-2H3. The summed E-state index contributed by atoms with van der Waals surface area (Å²) >= 11 is 0. The smallest absolute Gasteiger partial charge is 0.153 e. The molecule has 1 rings (SSSR count). The van der Waals surface area contributed by atoms with Crippen LogP contribution in [-0.2, 0) is 4.79 Å². The lowest BCUT2D eigenvalue weighted by Gasteiger charge is -2.26. The monoisotopic (exact) mass is 165 g/mol. The number of rotatable bonds is 3. The highest BCUT2D eigenvalue weighted by molar-refractivity contribution is 5.86. The number of Topliss-reactive ketones (excluding diaryl/α,β-unsaturated/α-hetero) is 1. The number of ketones is 1. The van der Waals surface area contributed by atoms with Gasteiger partial charge in [-0.1, -0.05) is 20.3 Å². The quantitative estimate of drug-likeness (QED) is 0.643. The van der Waals surface area contributed by atoms with E-state index in [0.29, 0.717) is 0 Å². The first-order valence-corrected chi connectivity index (χ1v) is 4.60. The fraction of sp³-hybridized carbons (Fsp3) is 0.800. The zero-order chi connectivity index (χ0) is 9.14. The van der Waals surface area contributed by atoms with Crippen molar-refractivity contribution in [1.29, 1.82) is 5.26 Å². The Kier molecular flexibility index (Phi) is 2.86. The van der Waals surface area contributed by atoms with Crippen LogP contribution in [0, 0.1) is 29.1 Å². The third-order valence-electron chi connectivity index (χ3n) is 2.62. The van der Waals surface area contributed by atoms with E-state index >= 15 is 0 Å². The summed E-state index contributed by atoms with van der Waals surface area (Å²) < 4.78 is 0. The van der Waals surface area contributed by atoms with E-state index in [1.54, 1.807) is 0 Å². The SMILES string of the molecule is CC(C)C(C#N)C(=O)C1CCC1. The topological polar surface area (TPSA) is 40.9 Å². The van der Waals surface area contributed by atoms with Crippen molar-refractivity contribution in [3.05, 3.63) is 0 Å². The third kappa shape index (κ3) is 1.66. The molecule has 0 radical (unpaired) electrons. The first kappa shape index (κ1) is 9.25. The van der Waals surface area contributed by atoms with Crippen molar-refractivity contribution < 1.29 is 4.79 Å². The lowest BCUT2D eigenvalue weighted by Crippen LogP contribution is -2.30. The van der Waals surface area contributed by atoms with Gasteiger partial charge in [0, 0.05) is 5.92 Å². The van der Waals surface area contributed by atoms with Gasteiger partial charge in [0.05, 0.1) is 6.07 Å². The fourth-order valence-electron chi connectivity index (χ4n) is 1.49. The molecule has 0 aromatic heterocycles. The Balaban J connectivity index is 2.54. The van der Waals surface area contributed by atoms with Crippen molar-refractivity contribution in [1.82, 2.24) is 0 Å². The van der Waals surface area contributed by atoms with E-state index in [0.717, 1.165) is 19.3 Å². The molecule has 0 aromatic carbocycles. The first-order chi connectivity index (χ1) is 5.66. The van der Waals surface area contributed by atoms with Gasteiger partial charge in [0.25, 0.3) is 0 Å². The predicted octanol–water partition coefficient (Wildman–Crippen LogP) is 2.15. The van der Waals surface area contributed by atoms with Crippen LogP contribution < -0.4 is 0 Å². The van der Waals surface area contributed by atoms with Crippen LogP contribution in [0.1, 0.15) is 33.1 Å². The second-order valence-corrected chi connectivity index (χ2v) is 3.88. The van der Waals surface area contributed by atoms with Gasteiger partial charge in [-0.25, -0.2) is 0 Å². The molecule has 12 heavy (non-hydrogen) atoms. The van der Waals surface area contributed by atoms with E-state index in [-0.39, 0.29) is 23.5 Å². The first-order valence-electron chi connectivity index (χ1n) is 4.60. The van der Waals surface area contributed by atoms with Crippen molar-refractivity contribution >= 4 is 5.78 Å². The van der Waals surface area contributed by atoms with Gasteiger partial charge in [-0.15, -0.1) is 0 Å². The van der Waals surface area contributed by atoms with Crippen LogP contribution in [0.2, 0.25) is 0 Å². The van der Waals surface area contributed by atoms with E-state index in [9.17, 15) is 4.79 Å². The van der Waals surface area contributed by atoms with E-state index in [1.165, 1.54) is 0 Å². The number of carbonyl (C=O) groups excluding carboxylic acids is 1. The zero-order valence-electron chi connectivity index (χ0n) is 7.71. The summed E-state index contributed by atoms with van der Waals surface area (Å²) in [6, 6.07) is 2.10. The molecule has 2 nitrogen and oxygen atoms in total. The Morgan fingerprint density at radius 2 is 2.08 bits per heavy atom. The van der Waals surface area contributed by atoms with Crippen LogP contribution in [0.25, 0.3) is 0 Å². The van der Waals surface area contributed by atoms with Crippen LogP contribution in [0.15, 0.2) is 0 Å². The van der Waals surface area contributed by atoms with Crippen molar-refractivity contribution in [2.75, 3.05) is 0 Å². The van der Waals surface area contributed by atoms with Gasteiger partial charge in [-0.3, -0.25) is 4.79 Å². The second-order valence-electron chi connectivity index (χ2n) is 3.88. The Labute approximate surface area is 73.6 Å². The average molecular weight is 165 g/mol. The summed E-state index contributed by atoms with van der Waals surface area (Å²) in [6.45, 7) is 3.87. The molecular weight excluding hydrogens is 150 g/mol. The van der Waals surface area contributed by atoms with Crippen LogP contribution in [0.4, 0.5) is 0 Å². The van der Waals surface area contributed by atoms with Gasteiger partial charge in [-0.2, -0.15) is 5.26 Å². The van der Waals surface area contributed by atoms with Crippen molar-refractivity contribution in [2.45, 2.75) is 33.1 Å². The maximum atomic E-state index is 11.6. The van der Waals surface area contributed by atoms with Gasteiger partial charge in [-0.05, 0) is 18.8 Å². The molecule has 66 valence electrons. The molecule has 0 aromatic rings. The molecule has 1 aliphatic carbocycles. The molecule has 0 heterocycles. The van der Waals surface area contributed by atoms with Crippen LogP contribution in [0.5, 0.6) is 0 Å². The van der Waals surface area contributed by atoms with Crippen molar-refractivity contribution in [3.63, 3.8) is 0 Å². The zero-order valence-corrected chi connectivity index (χ0v) is 7.71. The minimum absolute atomic E-state index is 0.170. The summed E-state index contributed by atoms with van der Waals surface area (Å²) in [5.74, 6) is 0.189. The third-order valence-corrected chi connectivity index (χ3v) is 2.62. The molecule has 1 saturated carbocycles. The number of nitriles is 1. The molecule has 0 aliphatic heterocycles. The molecule has 0 bridgehead atoms.